The molecule has 0 bridgehead atoms. The van der Waals surface area contributed by atoms with E-state index in [4.69, 9.17) is 5.73 Å². The number of hydrogen-bond acceptors (Lipinski definition) is 3. The fourth-order valence-corrected chi connectivity index (χ4v) is 0.909. The van der Waals surface area contributed by atoms with Gasteiger partial charge in [0.1, 0.15) is 0 Å². The summed E-state index contributed by atoms with van der Waals surface area (Å²) in [6.07, 6.45) is 3.73. The van der Waals surface area contributed by atoms with E-state index in [1.54, 1.807) is 0 Å². The van der Waals surface area contributed by atoms with E-state index < -0.39 is 0 Å². The van der Waals surface area contributed by atoms with Gasteiger partial charge in [0.25, 0.3) is 0 Å². The van der Waals surface area contributed by atoms with Gasteiger partial charge in [0.15, 0.2) is 5.84 Å². The molecule has 0 aliphatic carbocycles. The Balaban J connectivity index is 2.73. The molecule has 1 heterocycles. The third kappa shape index (κ3) is 1.53. The predicted octanol–water partition coefficient (Wildman–Crippen LogP) is 0.740. The zero-order valence-electron chi connectivity index (χ0n) is 7.04. The molecule has 0 saturated heterocycles. The van der Waals surface area contributed by atoms with Gasteiger partial charge in [-0.15, -0.1) is 0 Å². The summed E-state index contributed by atoms with van der Waals surface area (Å²) >= 11 is 0. The fraction of sp³-hybridized carbons (Fsp3) is 0.250. The molecular weight excluding hydrogens is 152 g/mol. The van der Waals surface area contributed by atoms with E-state index in [1.165, 1.54) is 12.4 Å². The Morgan fingerprint density at radius 1 is 1.75 bits per heavy atom. The average molecular weight is 164 g/mol. The monoisotopic (exact) mass is 164 g/mol. The first kappa shape index (κ1) is 8.52. The molecule has 0 radical (unpaired) electrons. The maximum Gasteiger partial charge on any atom is 0.154 e. The molecule has 3 N–H and O–H groups in total. The Morgan fingerprint density at radius 2 is 2.50 bits per heavy atom. The van der Waals surface area contributed by atoms with Crippen LogP contribution in [-0.2, 0) is 0 Å². The van der Waals surface area contributed by atoms with Crippen molar-refractivity contribution in [1.29, 1.82) is 0 Å². The second-order valence-corrected chi connectivity index (χ2v) is 2.32. The van der Waals surface area contributed by atoms with Crippen LogP contribution >= 0.6 is 0 Å². The number of nitrogens with one attached hydrogen (secondary N) is 1. The summed E-state index contributed by atoms with van der Waals surface area (Å²) in [5, 5.41) is 4.03. The van der Waals surface area contributed by atoms with Crippen molar-refractivity contribution in [3.05, 3.63) is 24.6 Å². The Morgan fingerprint density at radius 3 is 3.00 bits per heavy atom. The molecule has 4 heteroatoms. The lowest BCUT2D eigenvalue weighted by molar-refractivity contribution is 1.04. The third-order valence-corrected chi connectivity index (χ3v) is 1.56. The molecule has 0 aromatic carbocycles. The number of amidine groups is 1. The van der Waals surface area contributed by atoms with Gasteiger partial charge in [0, 0.05) is 18.0 Å². The van der Waals surface area contributed by atoms with Crippen molar-refractivity contribution in [1.82, 2.24) is 5.43 Å². The molecule has 0 unspecified atom stereocenters. The van der Waals surface area contributed by atoms with E-state index in [1.807, 2.05) is 6.92 Å². The first-order valence-electron chi connectivity index (χ1n) is 3.76. The van der Waals surface area contributed by atoms with Crippen LogP contribution in [0.25, 0.3) is 0 Å². The molecule has 0 spiro atoms. The average Bonchev–Trinajstić information content (AvgIpc) is 2.43. The molecule has 0 saturated carbocycles. The van der Waals surface area contributed by atoms with Crippen molar-refractivity contribution in [2.45, 2.75) is 13.3 Å². The van der Waals surface area contributed by atoms with Crippen LogP contribution in [0, 0.1) is 0 Å². The summed E-state index contributed by atoms with van der Waals surface area (Å²) in [5.41, 5.74) is 9.70. The largest absolute Gasteiger partial charge is 0.403 e. The Labute approximate surface area is 71.6 Å². The van der Waals surface area contributed by atoms with Crippen molar-refractivity contribution in [3.8, 4) is 0 Å². The van der Waals surface area contributed by atoms with Gasteiger partial charge in [-0.05, 0) is 6.42 Å². The smallest absolute Gasteiger partial charge is 0.154 e. The van der Waals surface area contributed by atoms with Gasteiger partial charge in [-0.3, -0.25) is 5.43 Å². The van der Waals surface area contributed by atoms with Gasteiger partial charge in [0.2, 0.25) is 0 Å². The molecule has 1 rings (SSSR count). The highest BCUT2D eigenvalue weighted by Crippen LogP contribution is 2.07. The van der Waals surface area contributed by atoms with Crippen LogP contribution in [0.2, 0.25) is 0 Å². The van der Waals surface area contributed by atoms with Gasteiger partial charge in [0.05, 0.1) is 5.71 Å². The lowest BCUT2D eigenvalue weighted by Gasteiger charge is -1.95. The summed E-state index contributed by atoms with van der Waals surface area (Å²) in [6, 6.07) is 0. The second kappa shape index (κ2) is 3.71. The SMILES string of the molecule is C=C1C(CC)=NNC1=N/C=C\N. The quantitative estimate of drug-likeness (QED) is 0.632. The summed E-state index contributed by atoms with van der Waals surface area (Å²) in [6.45, 7) is 5.86. The summed E-state index contributed by atoms with van der Waals surface area (Å²) in [4.78, 5) is 4.01. The standard InChI is InChI=1S/C8H12N4/c1-3-7-6(2)8(12-11-7)10-5-4-9/h4-5H,2-3,9H2,1H3,(H,10,12)/b5-4-. The summed E-state index contributed by atoms with van der Waals surface area (Å²) < 4.78 is 0. The van der Waals surface area contributed by atoms with Gasteiger partial charge >= 0.3 is 0 Å². The lowest BCUT2D eigenvalue weighted by Crippen LogP contribution is -2.12. The minimum atomic E-state index is 0.675. The maximum absolute atomic E-state index is 5.14. The lowest BCUT2D eigenvalue weighted by atomic mass is 10.1. The number of rotatable bonds is 2. The Kier molecular flexibility index (Phi) is 2.63. The van der Waals surface area contributed by atoms with Gasteiger partial charge in [-0.1, -0.05) is 13.5 Å². The molecular formula is C8H12N4. The molecule has 0 fully saturated rings. The van der Waals surface area contributed by atoms with Crippen LogP contribution in [0.15, 0.2) is 34.6 Å². The van der Waals surface area contributed by atoms with Crippen LogP contribution in [0.5, 0.6) is 0 Å². The van der Waals surface area contributed by atoms with Crippen LogP contribution < -0.4 is 11.2 Å². The molecule has 1 aliphatic heterocycles. The first-order chi connectivity index (χ1) is 5.79. The third-order valence-electron chi connectivity index (χ3n) is 1.56. The summed E-state index contributed by atoms with van der Waals surface area (Å²) in [7, 11) is 0. The van der Waals surface area contributed by atoms with Crippen LogP contribution in [0.3, 0.4) is 0 Å². The minimum Gasteiger partial charge on any atom is -0.403 e. The van der Waals surface area contributed by atoms with Crippen molar-refractivity contribution >= 4 is 11.5 Å². The topological polar surface area (TPSA) is 62.8 Å². The number of aliphatic imine (C=N–C) groups is 1. The van der Waals surface area contributed by atoms with E-state index in [2.05, 4.69) is 22.1 Å². The molecule has 0 atom stereocenters. The number of nitrogens with zero attached hydrogens (tertiary/aromatic N) is 2. The minimum absolute atomic E-state index is 0.675. The Hall–Kier alpha value is -1.58. The maximum atomic E-state index is 5.14. The number of hydrogen-bond donors (Lipinski definition) is 2. The van der Waals surface area contributed by atoms with Crippen molar-refractivity contribution < 1.29 is 0 Å². The molecule has 0 aromatic heterocycles. The van der Waals surface area contributed by atoms with E-state index in [0.29, 0.717) is 5.84 Å². The van der Waals surface area contributed by atoms with Crippen molar-refractivity contribution in [2.24, 2.45) is 15.8 Å². The molecule has 12 heavy (non-hydrogen) atoms. The fourth-order valence-electron chi connectivity index (χ4n) is 0.909. The molecule has 0 amide bonds. The molecule has 1 aliphatic rings. The predicted molar refractivity (Wildman–Crippen MR) is 50.8 cm³/mol. The zero-order chi connectivity index (χ0) is 8.97. The summed E-state index contributed by atoms with van der Waals surface area (Å²) in [5.74, 6) is 0.675. The highest BCUT2D eigenvalue weighted by molar-refractivity contribution is 6.26. The van der Waals surface area contributed by atoms with Crippen LogP contribution in [-0.4, -0.2) is 11.5 Å². The molecule has 64 valence electrons. The zero-order valence-corrected chi connectivity index (χ0v) is 7.04. The van der Waals surface area contributed by atoms with E-state index in [-0.39, 0.29) is 0 Å². The van der Waals surface area contributed by atoms with Gasteiger partial charge < -0.3 is 5.73 Å². The van der Waals surface area contributed by atoms with Gasteiger partial charge in [-0.2, -0.15) is 5.10 Å². The number of hydrazone groups is 1. The first-order valence-corrected chi connectivity index (χ1v) is 3.76. The highest BCUT2D eigenvalue weighted by atomic mass is 15.3. The van der Waals surface area contributed by atoms with Crippen molar-refractivity contribution in [3.63, 3.8) is 0 Å². The van der Waals surface area contributed by atoms with E-state index >= 15 is 0 Å². The highest BCUT2D eigenvalue weighted by Gasteiger charge is 2.15. The molecule has 4 nitrogen and oxygen atoms in total. The van der Waals surface area contributed by atoms with Crippen LogP contribution in [0.1, 0.15) is 13.3 Å². The van der Waals surface area contributed by atoms with Crippen molar-refractivity contribution in [2.75, 3.05) is 0 Å². The van der Waals surface area contributed by atoms with E-state index in [0.717, 1.165) is 17.7 Å². The molecule has 0 aromatic rings. The van der Waals surface area contributed by atoms with E-state index in [9.17, 15) is 0 Å². The second-order valence-electron chi connectivity index (χ2n) is 2.32. The normalized spacial score (nSPS) is 20.2. The Bertz CT molecular complexity index is 273. The number of nitrogens with two attached hydrogens (primary N) is 1. The van der Waals surface area contributed by atoms with Crippen LogP contribution in [0.4, 0.5) is 0 Å². The van der Waals surface area contributed by atoms with Gasteiger partial charge in [-0.25, -0.2) is 4.99 Å².